The van der Waals surface area contributed by atoms with Crippen molar-refractivity contribution in [3.63, 3.8) is 0 Å². The van der Waals surface area contributed by atoms with Crippen molar-refractivity contribution in [3.05, 3.63) is 53.6 Å². The second-order valence-corrected chi connectivity index (χ2v) is 8.25. The summed E-state index contributed by atoms with van der Waals surface area (Å²) in [5, 5.41) is 2.61. The number of sulfonamides is 1. The zero-order valence-corrected chi connectivity index (χ0v) is 16.3. The molecule has 0 unspecified atom stereocenters. The van der Waals surface area contributed by atoms with Crippen molar-refractivity contribution >= 4 is 21.6 Å². The molecule has 2 rings (SSSR count). The summed E-state index contributed by atoms with van der Waals surface area (Å²) < 4.78 is 32.1. The van der Waals surface area contributed by atoms with Gasteiger partial charge in [-0.3, -0.25) is 4.79 Å². The normalized spacial score (nSPS) is 11.4. The molecule has 1 amide bonds. The van der Waals surface area contributed by atoms with E-state index in [1.165, 1.54) is 30.4 Å². The first-order chi connectivity index (χ1) is 12.2. The minimum Gasteiger partial charge on any atom is -0.492 e. The summed E-state index contributed by atoms with van der Waals surface area (Å²) in [4.78, 5) is 11.2. The lowest BCUT2D eigenvalue weighted by Crippen LogP contribution is -2.31. The predicted molar refractivity (Wildman–Crippen MR) is 102 cm³/mol. The molecule has 7 heteroatoms. The summed E-state index contributed by atoms with van der Waals surface area (Å²) in [6.45, 7) is 5.85. The Labute approximate surface area is 154 Å². The molecule has 0 aliphatic rings. The van der Waals surface area contributed by atoms with Crippen LogP contribution in [0, 0.1) is 13.8 Å². The lowest BCUT2D eigenvalue weighted by molar-refractivity contribution is -0.114. The smallest absolute Gasteiger partial charge is 0.242 e. The number of benzene rings is 2. The lowest BCUT2D eigenvalue weighted by atomic mass is 10.1. The fourth-order valence-corrected chi connectivity index (χ4v) is 3.68. The van der Waals surface area contributed by atoms with Gasteiger partial charge in [-0.05, 0) is 61.4 Å². The van der Waals surface area contributed by atoms with E-state index in [0.29, 0.717) is 5.69 Å². The van der Waals surface area contributed by atoms with Crippen molar-refractivity contribution in [2.45, 2.75) is 25.7 Å². The zero-order chi connectivity index (χ0) is 19.3. The highest BCUT2D eigenvalue weighted by Gasteiger charge is 2.20. The van der Waals surface area contributed by atoms with Gasteiger partial charge in [0.2, 0.25) is 15.9 Å². The van der Waals surface area contributed by atoms with Crippen LogP contribution >= 0.6 is 0 Å². The van der Waals surface area contributed by atoms with Crippen molar-refractivity contribution in [1.82, 2.24) is 4.31 Å². The lowest BCUT2D eigenvalue weighted by Gasteiger charge is -2.18. The first kappa shape index (κ1) is 19.9. The van der Waals surface area contributed by atoms with E-state index in [2.05, 4.69) is 5.32 Å². The second kappa shape index (κ2) is 8.33. The SMILES string of the molecule is CC(=O)Nc1ccc(S(=O)(=O)N(C)CCOc2cc(C)cc(C)c2)cc1. The Kier molecular flexibility index (Phi) is 6.39. The summed E-state index contributed by atoms with van der Waals surface area (Å²) >= 11 is 0. The van der Waals surface area contributed by atoms with Gasteiger partial charge in [0.1, 0.15) is 12.4 Å². The third-order valence-electron chi connectivity index (χ3n) is 3.75. The van der Waals surface area contributed by atoms with Crippen LogP contribution in [0.25, 0.3) is 0 Å². The highest BCUT2D eigenvalue weighted by molar-refractivity contribution is 7.89. The van der Waals surface area contributed by atoms with Gasteiger partial charge in [0, 0.05) is 26.2 Å². The third-order valence-corrected chi connectivity index (χ3v) is 5.62. The number of amides is 1. The fraction of sp³-hybridized carbons (Fsp3) is 0.316. The van der Waals surface area contributed by atoms with Gasteiger partial charge < -0.3 is 10.1 Å². The molecular formula is C19H24N2O4S. The van der Waals surface area contributed by atoms with E-state index in [1.807, 2.05) is 32.0 Å². The Morgan fingerprint density at radius 1 is 1.08 bits per heavy atom. The van der Waals surface area contributed by atoms with Gasteiger partial charge in [-0.15, -0.1) is 0 Å². The number of nitrogens with one attached hydrogen (secondary N) is 1. The van der Waals surface area contributed by atoms with Crippen molar-refractivity contribution in [3.8, 4) is 5.75 Å². The van der Waals surface area contributed by atoms with E-state index in [9.17, 15) is 13.2 Å². The summed E-state index contributed by atoms with van der Waals surface area (Å²) in [5.41, 5.74) is 2.75. The number of likely N-dealkylation sites (N-methyl/N-ethyl adjacent to an activating group) is 1. The molecule has 0 spiro atoms. The van der Waals surface area contributed by atoms with E-state index in [0.717, 1.165) is 16.9 Å². The average molecular weight is 376 g/mol. The molecule has 0 bridgehead atoms. The number of anilines is 1. The van der Waals surface area contributed by atoms with Crippen LogP contribution in [0.3, 0.4) is 0 Å². The predicted octanol–water partition coefficient (Wildman–Crippen LogP) is 2.96. The molecule has 0 aliphatic heterocycles. The molecule has 140 valence electrons. The average Bonchev–Trinajstić information content (AvgIpc) is 2.53. The standard InChI is InChI=1S/C19H24N2O4S/c1-14-11-15(2)13-18(12-14)25-10-9-21(4)26(23,24)19-7-5-17(6-8-19)20-16(3)22/h5-8,11-13H,9-10H2,1-4H3,(H,20,22). The number of carbonyl (C=O) groups excluding carboxylic acids is 1. The van der Waals surface area contributed by atoms with Crippen LogP contribution in [-0.4, -0.2) is 38.8 Å². The van der Waals surface area contributed by atoms with E-state index in [-0.39, 0.29) is 24.0 Å². The fourth-order valence-electron chi connectivity index (χ4n) is 2.52. The van der Waals surface area contributed by atoms with E-state index >= 15 is 0 Å². The molecule has 0 aliphatic carbocycles. The maximum atomic E-state index is 12.6. The Morgan fingerprint density at radius 3 is 2.19 bits per heavy atom. The molecular weight excluding hydrogens is 352 g/mol. The number of nitrogens with zero attached hydrogens (tertiary/aromatic N) is 1. The van der Waals surface area contributed by atoms with Crippen LogP contribution in [0.15, 0.2) is 47.4 Å². The van der Waals surface area contributed by atoms with Gasteiger partial charge in [-0.2, -0.15) is 4.31 Å². The number of hydrogen-bond acceptors (Lipinski definition) is 4. The van der Waals surface area contributed by atoms with Crippen LogP contribution in [-0.2, 0) is 14.8 Å². The monoisotopic (exact) mass is 376 g/mol. The first-order valence-electron chi connectivity index (χ1n) is 8.23. The van der Waals surface area contributed by atoms with Gasteiger partial charge >= 0.3 is 0 Å². The molecule has 2 aromatic carbocycles. The quantitative estimate of drug-likeness (QED) is 0.806. The third kappa shape index (κ3) is 5.31. The highest BCUT2D eigenvalue weighted by atomic mass is 32.2. The van der Waals surface area contributed by atoms with Crippen LogP contribution in [0.5, 0.6) is 5.75 Å². The summed E-state index contributed by atoms with van der Waals surface area (Å²) in [7, 11) is -2.10. The van der Waals surface area contributed by atoms with E-state index < -0.39 is 10.0 Å². The molecule has 0 atom stereocenters. The van der Waals surface area contributed by atoms with Crippen LogP contribution in [0.2, 0.25) is 0 Å². The molecule has 0 heterocycles. The maximum absolute atomic E-state index is 12.6. The van der Waals surface area contributed by atoms with Gasteiger partial charge in [0.15, 0.2) is 0 Å². The summed E-state index contributed by atoms with van der Waals surface area (Å²) in [6, 6.07) is 12.0. The highest BCUT2D eigenvalue weighted by Crippen LogP contribution is 2.19. The topological polar surface area (TPSA) is 75.7 Å². The Bertz CT molecular complexity index is 857. The molecule has 0 radical (unpaired) electrons. The Balaban J connectivity index is 1.98. The molecule has 2 aromatic rings. The van der Waals surface area contributed by atoms with Crippen molar-refractivity contribution < 1.29 is 17.9 Å². The number of rotatable bonds is 7. The number of aryl methyl sites for hydroxylation is 2. The van der Waals surface area contributed by atoms with Crippen LogP contribution < -0.4 is 10.1 Å². The number of carbonyl (C=O) groups is 1. The molecule has 0 saturated heterocycles. The van der Waals surface area contributed by atoms with Gasteiger partial charge in [0.05, 0.1) is 4.90 Å². The van der Waals surface area contributed by atoms with Crippen LogP contribution in [0.1, 0.15) is 18.1 Å². The molecule has 0 fully saturated rings. The summed E-state index contributed by atoms with van der Waals surface area (Å²) in [5.74, 6) is 0.522. The van der Waals surface area contributed by atoms with E-state index in [1.54, 1.807) is 12.1 Å². The van der Waals surface area contributed by atoms with E-state index in [4.69, 9.17) is 4.74 Å². The molecule has 0 aromatic heterocycles. The van der Waals surface area contributed by atoms with Crippen molar-refractivity contribution in [1.29, 1.82) is 0 Å². The number of hydrogen-bond donors (Lipinski definition) is 1. The minimum atomic E-state index is -3.61. The molecule has 1 N–H and O–H groups in total. The van der Waals surface area contributed by atoms with Gasteiger partial charge in [-0.25, -0.2) is 8.42 Å². The van der Waals surface area contributed by atoms with Crippen LogP contribution in [0.4, 0.5) is 5.69 Å². The van der Waals surface area contributed by atoms with Crippen molar-refractivity contribution in [2.24, 2.45) is 0 Å². The van der Waals surface area contributed by atoms with Gasteiger partial charge in [0.25, 0.3) is 0 Å². The first-order valence-corrected chi connectivity index (χ1v) is 9.67. The Hall–Kier alpha value is -2.38. The minimum absolute atomic E-state index is 0.167. The second-order valence-electron chi connectivity index (χ2n) is 6.20. The van der Waals surface area contributed by atoms with Crippen molar-refractivity contribution in [2.75, 3.05) is 25.5 Å². The Morgan fingerprint density at radius 2 is 1.65 bits per heavy atom. The maximum Gasteiger partial charge on any atom is 0.242 e. The molecule has 0 saturated carbocycles. The largest absolute Gasteiger partial charge is 0.492 e. The summed E-state index contributed by atoms with van der Waals surface area (Å²) in [6.07, 6.45) is 0. The zero-order valence-electron chi connectivity index (χ0n) is 15.4. The molecule has 26 heavy (non-hydrogen) atoms. The molecule has 6 nitrogen and oxygen atoms in total. The number of ether oxygens (including phenoxy) is 1. The van der Waals surface area contributed by atoms with Gasteiger partial charge in [-0.1, -0.05) is 6.07 Å².